The summed E-state index contributed by atoms with van der Waals surface area (Å²) in [6.07, 6.45) is 3.54. The molecule has 1 aromatic carbocycles. The van der Waals surface area contributed by atoms with E-state index >= 15 is 0 Å². The van der Waals surface area contributed by atoms with E-state index in [2.05, 4.69) is 20.2 Å². The molecule has 126 valence electrons. The van der Waals surface area contributed by atoms with Gasteiger partial charge in [-0.1, -0.05) is 24.3 Å². The van der Waals surface area contributed by atoms with Crippen molar-refractivity contribution in [3.05, 3.63) is 86.8 Å². The number of hydrogen-bond donors (Lipinski definition) is 2. The van der Waals surface area contributed by atoms with Crippen molar-refractivity contribution >= 4 is 5.82 Å². The highest BCUT2D eigenvalue weighted by atomic mass is 16.2. The van der Waals surface area contributed by atoms with Crippen LogP contribution < -0.4 is 16.6 Å². The van der Waals surface area contributed by atoms with Crippen LogP contribution in [0.15, 0.2) is 64.4 Å². The summed E-state index contributed by atoms with van der Waals surface area (Å²) in [6.45, 7) is 1.67. The van der Waals surface area contributed by atoms with Gasteiger partial charge in [0.2, 0.25) is 0 Å². The number of aromatic amines is 1. The largest absolute Gasteiger partial charge is 0.358 e. The van der Waals surface area contributed by atoms with Gasteiger partial charge in [0.1, 0.15) is 5.82 Å². The summed E-state index contributed by atoms with van der Waals surface area (Å²) in [6, 6.07) is 13.2. The molecule has 1 aliphatic heterocycles. The van der Waals surface area contributed by atoms with Gasteiger partial charge >= 0.3 is 5.69 Å². The molecule has 0 saturated heterocycles. The molecule has 7 heteroatoms. The molecule has 7 nitrogen and oxygen atoms in total. The van der Waals surface area contributed by atoms with Crippen LogP contribution in [0.2, 0.25) is 0 Å². The maximum absolute atomic E-state index is 12.3. The van der Waals surface area contributed by atoms with E-state index in [1.54, 1.807) is 6.20 Å². The minimum absolute atomic E-state index is 0.351. The molecule has 1 aliphatic rings. The molecular weight excluding hydrogens is 318 g/mol. The molecule has 4 rings (SSSR count). The fourth-order valence-electron chi connectivity index (χ4n) is 3.06. The van der Waals surface area contributed by atoms with Crippen LogP contribution in [0.25, 0.3) is 5.69 Å². The minimum Gasteiger partial charge on any atom is -0.358 e. The Labute approximate surface area is 143 Å². The average Bonchev–Trinajstić information content (AvgIpc) is 2.64. The van der Waals surface area contributed by atoms with Crippen LogP contribution in [-0.2, 0) is 13.1 Å². The summed E-state index contributed by atoms with van der Waals surface area (Å²) in [5, 5.41) is 3.23. The van der Waals surface area contributed by atoms with E-state index in [-0.39, 0.29) is 5.56 Å². The lowest BCUT2D eigenvalue weighted by Crippen LogP contribution is -2.42. The fraction of sp³-hybridized carbons (Fsp3) is 0.167. The second-order valence-electron chi connectivity index (χ2n) is 5.94. The van der Waals surface area contributed by atoms with Gasteiger partial charge in [-0.25, -0.2) is 9.36 Å². The number of aromatic nitrogens is 3. The Hall–Kier alpha value is -3.19. The molecule has 0 amide bonds. The molecule has 3 heterocycles. The van der Waals surface area contributed by atoms with Crippen LogP contribution in [0, 0.1) is 0 Å². The van der Waals surface area contributed by atoms with Crippen LogP contribution >= 0.6 is 0 Å². The number of H-pyrrole nitrogens is 1. The third-order valence-electron chi connectivity index (χ3n) is 4.20. The van der Waals surface area contributed by atoms with Gasteiger partial charge in [-0.15, -0.1) is 0 Å². The first-order valence-corrected chi connectivity index (χ1v) is 8.01. The lowest BCUT2D eigenvalue weighted by atomic mass is 10.2. The molecule has 2 N–H and O–H groups in total. The molecule has 0 bridgehead atoms. The average molecular weight is 335 g/mol. The number of para-hydroxylation sites is 1. The highest BCUT2D eigenvalue weighted by Gasteiger charge is 2.23. The molecule has 0 aliphatic carbocycles. The Bertz CT molecular complexity index is 995. The van der Waals surface area contributed by atoms with Gasteiger partial charge in [0, 0.05) is 25.5 Å². The Morgan fingerprint density at radius 3 is 2.68 bits per heavy atom. The van der Waals surface area contributed by atoms with Crippen LogP contribution in [0.3, 0.4) is 0 Å². The van der Waals surface area contributed by atoms with Crippen LogP contribution in [0.1, 0.15) is 11.1 Å². The molecule has 0 radical (unpaired) electrons. The van der Waals surface area contributed by atoms with Crippen molar-refractivity contribution in [2.75, 3.05) is 12.0 Å². The number of nitrogens with one attached hydrogen (secondary N) is 2. The molecular formula is C18H17N5O2. The predicted molar refractivity (Wildman–Crippen MR) is 94.6 cm³/mol. The predicted octanol–water partition coefficient (Wildman–Crippen LogP) is 1.31. The number of pyridine rings is 1. The van der Waals surface area contributed by atoms with Gasteiger partial charge in [0.15, 0.2) is 0 Å². The Morgan fingerprint density at radius 2 is 1.92 bits per heavy atom. The van der Waals surface area contributed by atoms with E-state index in [0.717, 1.165) is 5.56 Å². The molecule has 0 spiro atoms. The smallest absolute Gasteiger partial charge is 0.334 e. The molecule has 0 saturated carbocycles. The van der Waals surface area contributed by atoms with Crippen molar-refractivity contribution in [1.29, 1.82) is 0 Å². The summed E-state index contributed by atoms with van der Waals surface area (Å²) < 4.78 is 1.51. The van der Waals surface area contributed by atoms with Gasteiger partial charge in [-0.2, -0.15) is 0 Å². The van der Waals surface area contributed by atoms with E-state index < -0.39 is 5.69 Å². The van der Waals surface area contributed by atoms with E-state index in [0.29, 0.717) is 36.8 Å². The zero-order chi connectivity index (χ0) is 17.2. The number of rotatable bonds is 3. The van der Waals surface area contributed by atoms with Crippen LogP contribution in [0.5, 0.6) is 0 Å². The topological polar surface area (TPSA) is 83.0 Å². The third-order valence-corrected chi connectivity index (χ3v) is 4.20. The van der Waals surface area contributed by atoms with Crippen molar-refractivity contribution in [2.45, 2.75) is 13.1 Å². The highest BCUT2D eigenvalue weighted by Crippen LogP contribution is 2.21. The van der Waals surface area contributed by atoms with Crippen molar-refractivity contribution in [2.24, 2.45) is 0 Å². The van der Waals surface area contributed by atoms with Crippen molar-refractivity contribution in [1.82, 2.24) is 19.4 Å². The van der Waals surface area contributed by atoms with Crippen LogP contribution in [0.4, 0.5) is 5.82 Å². The number of benzene rings is 1. The second kappa shape index (κ2) is 6.37. The third kappa shape index (κ3) is 2.97. The summed E-state index contributed by atoms with van der Waals surface area (Å²) in [7, 11) is 0. The monoisotopic (exact) mass is 335 g/mol. The summed E-state index contributed by atoms with van der Waals surface area (Å²) >= 11 is 0. The maximum atomic E-state index is 12.3. The van der Waals surface area contributed by atoms with Gasteiger partial charge in [-0.05, 0) is 23.8 Å². The van der Waals surface area contributed by atoms with Crippen LogP contribution in [-0.4, -0.2) is 26.1 Å². The normalized spacial score (nSPS) is 13.9. The minimum atomic E-state index is -0.442. The zero-order valence-corrected chi connectivity index (χ0v) is 13.5. The summed E-state index contributed by atoms with van der Waals surface area (Å²) in [5.74, 6) is 0.558. The summed E-state index contributed by atoms with van der Waals surface area (Å²) in [4.78, 5) is 33.3. The lowest BCUT2D eigenvalue weighted by Gasteiger charge is -2.30. The Kier molecular flexibility index (Phi) is 3.91. The lowest BCUT2D eigenvalue weighted by molar-refractivity contribution is 0.263. The number of anilines is 1. The summed E-state index contributed by atoms with van der Waals surface area (Å²) in [5.41, 5.74) is 1.55. The van der Waals surface area contributed by atoms with Gasteiger partial charge in [0.05, 0.1) is 17.9 Å². The second-order valence-corrected chi connectivity index (χ2v) is 5.94. The van der Waals surface area contributed by atoms with Gasteiger partial charge in [0.25, 0.3) is 5.56 Å². The molecule has 0 atom stereocenters. The first kappa shape index (κ1) is 15.3. The van der Waals surface area contributed by atoms with Gasteiger partial charge in [-0.3, -0.25) is 19.7 Å². The number of hydrogen-bond acceptors (Lipinski definition) is 5. The van der Waals surface area contributed by atoms with Crippen molar-refractivity contribution in [3.8, 4) is 5.69 Å². The van der Waals surface area contributed by atoms with E-state index in [1.165, 1.54) is 4.57 Å². The quantitative estimate of drug-likeness (QED) is 0.754. The standard InChI is InChI=1S/C18H17N5O2/c24-17-15-11-22(10-13-5-4-8-19-9-13)12-20-16(15)23(18(25)21-17)14-6-2-1-3-7-14/h1-9,20H,10-12H2,(H,21,24,25). The molecule has 0 unspecified atom stereocenters. The van der Waals surface area contributed by atoms with Crippen molar-refractivity contribution < 1.29 is 0 Å². The Morgan fingerprint density at radius 1 is 1.08 bits per heavy atom. The van der Waals surface area contributed by atoms with Crippen molar-refractivity contribution in [3.63, 3.8) is 0 Å². The van der Waals surface area contributed by atoms with E-state index in [4.69, 9.17) is 0 Å². The van der Waals surface area contributed by atoms with E-state index in [9.17, 15) is 9.59 Å². The van der Waals surface area contributed by atoms with Gasteiger partial charge < -0.3 is 5.32 Å². The SMILES string of the molecule is O=c1[nH]c(=O)n(-c2ccccc2)c2c1CN(Cc1cccnc1)CN2. The molecule has 2 aromatic heterocycles. The highest BCUT2D eigenvalue weighted by molar-refractivity contribution is 5.51. The number of nitrogens with zero attached hydrogens (tertiary/aromatic N) is 3. The first-order chi connectivity index (χ1) is 12.2. The molecule has 25 heavy (non-hydrogen) atoms. The maximum Gasteiger partial charge on any atom is 0.334 e. The Balaban J connectivity index is 1.71. The zero-order valence-electron chi connectivity index (χ0n) is 13.5. The molecule has 3 aromatic rings. The first-order valence-electron chi connectivity index (χ1n) is 8.01. The fourth-order valence-corrected chi connectivity index (χ4v) is 3.06. The van der Waals surface area contributed by atoms with E-state index in [1.807, 2.05) is 48.7 Å². The number of fused-ring (bicyclic) bond motifs is 1. The molecule has 0 fully saturated rings.